The molecule has 6 heteroatoms. The van der Waals surface area contributed by atoms with Crippen molar-refractivity contribution in [2.45, 2.75) is 45.2 Å². The molecule has 0 spiro atoms. The molecule has 0 aliphatic carbocycles. The standard InChI is InChI=1S/C15H27N5O/c1-2-14-16-15(18-17-14)12-20-6-4-3-5-13(20)11-19-7-9-21-10-8-19/h13H,2-12H2,1H3,(H,16,17,18). The number of aromatic nitrogens is 3. The molecule has 2 aliphatic heterocycles. The summed E-state index contributed by atoms with van der Waals surface area (Å²) in [6.07, 6.45) is 4.84. The second-order valence-corrected chi connectivity index (χ2v) is 6.08. The van der Waals surface area contributed by atoms with Crippen molar-refractivity contribution < 1.29 is 4.74 Å². The molecule has 118 valence electrons. The van der Waals surface area contributed by atoms with E-state index in [0.29, 0.717) is 6.04 Å². The molecule has 21 heavy (non-hydrogen) atoms. The van der Waals surface area contributed by atoms with Crippen molar-refractivity contribution in [3.63, 3.8) is 0 Å². The summed E-state index contributed by atoms with van der Waals surface area (Å²) in [7, 11) is 0. The third kappa shape index (κ3) is 4.02. The maximum Gasteiger partial charge on any atom is 0.150 e. The molecule has 2 saturated heterocycles. The second-order valence-electron chi connectivity index (χ2n) is 6.08. The topological polar surface area (TPSA) is 57.3 Å². The van der Waals surface area contributed by atoms with E-state index in [4.69, 9.17) is 4.74 Å². The summed E-state index contributed by atoms with van der Waals surface area (Å²) < 4.78 is 5.45. The van der Waals surface area contributed by atoms with Crippen LogP contribution in [0.3, 0.4) is 0 Å². The molecule has 1 unspecified atom stereocenters. The minimum absolute atomic E-state index is 0.645. The Morgan fingerprint density at radius 3 is 2.86 bits per heavy atom. The van der Waals surface area contributed by atoms with E-state index in [1.165, 1.54) is 25.8 Å². The van der Waals surface area contributed by atoms with Gasteiger partial charge in [-0.2, -0.15) is 5.10 Å². The molecule has 0 bridgehead atoms. The Bertz CT molecular complexity index is 429. The molecule has 1 N–H and O–H groups in total. The molecular weight excluding hydrogens is 266 g/mol. The van der Waals surface area contributed by atoms with Gasteiger partial charge in [-0.15, -0.1) is 0 Å². The van der Waals surface area contributed by atoms with Gasteiger partial charge < -0.3 is 4.74 Å². The van der Waals surface area contributed by atoms with Crippen LogP contribution in [0.2, 0.25) is 0 Å². The lowest BCUT2D eigenvalue weighted by molar-refractivity contribution is 0.0149. The molecule has 0 radical (unpaired) electrons. The summed E-state index contributed by atoms with van der Waals surface area (Å²) in [5.41, 5.74) is 0. The third-order valence-corrected chi connectivity index (χ3v) is 4.57. The predicted octanol–water partition coefficient (Wildman–Crippen LogP) is 1.05. The lowest BCUT2D eigenvalue weighted by atomic mass is 10.0. The van der Waals surface area contributed by atoms with Gasteiger partial charge in [-0.25, -0.2) is 4.98 Å². The van der Waals surface area contributed by atoms with E-state index >= 15 is 0 Å². The van der Waals surface area contributed by atoms with E-state index in [0.717, 1.165) is 57.5 Å². The van der Waals surface area contributed by atoms with Crippen LogP contribution in [-0.2, 0) is 17.7 Å². The average Bonchev–Trinajstić information content (AvgIpc) is 2.98. The van der Waals surface area contributed by atoms with E-state index in [1.54, 1.807) is 0 Å². The zero-order valence-corrected chi connectivity index (χ0v) is 13.1. The number of aryl methyl sites for hydroxylation is 1. The van der Waals surface area contributed by atoms with Crippen LogP contribution in [0.25, 0.3) is 0 Å². The highest BCUT2D eigenvalue weighted by molar-refractivity contribution is 4.92. The minimum atomic E-state index is 0.645. The van der Waals surface area contributed by atoms with Crippen molar-refractivity contribution in [1.82, 2.24) is 25.0 Å². The molecule has 2 aliphatic rings. The Hall–Kier alpha value is -0.980. The number of morpholine rings is 1. The number of nitrogens with one attached hydrogen (secondary N) is 1. The highest BCUT2D eigenvalue weighted by atomic mass is 16.5. The molecule has 1 aromatic rings. The SMILES string of the molecule is CCc1n[nH]c(CN2CCCCC2CN2CCOCC2)n1. The van der Waals surface area contributed by atoms with Crippen LogP contribution in [0, 0.1) is 0 Å². The Kier molecular flexibility index (Phi) is 5.22. The number of nitrogens with zero attached hydrogens (tertiary/aromatic N) is 4. The maximum atomic E-state index is 5.45. The zero-order chi connectivity index (χ0) is 14.5. The van der Waals surface area contributed by atoms with Crippen molar-refractivity contribution in [2.24, 2.45) is 0 Å². The quantitative estimate of drug-likeness (QED) is 0.879. The molecule has 2 fully saturated rings. The molecule has 3 rings (SSSR count). The van der Waals surface area contributed by atoms with Crippen molar-refractivity contribution in [2.75, 3.05) is 39.4 Å². The number of rotatable bonds is 5. The number of hydrogen-bond acceptors (Lipinski definition) is 5. The van der Waals surface area contributed by atoms with Crippen molar-refractivity contribution in [3.8, 4) is 0 Å². The number of aromatic amines is 1. The van der Waals surface area contributed by atoms with E-state index in [2.05, 4.69) is 31.9 Å². The molecule has 6 nitrogen and oxygen atoms in total. The van der Waals surface area contributed by atoms with Gasteiger partial charge in [0.25, 0.3) is 0 Å². The fourth-order valence-corrected chi connectivity index (χ4v) is 3.31. The number of likely N-dealkylation sites (tertiary alicyclic amines) is 1. The first kappa shape index (κ1) is 14.9. The number of piperidine rings is 1. The smallest absolute Gasteiger partial charge is 0.150 e. The highest BCUT2D eigenvalue weighted by Crippen LogP contribution is 2.20. The van der Waals surface area contributed by atoms with Crippen LogP contribution in [0.4, 0.5) is 0 Å². The van der Waals surface area contributed by atoms with E-state index in [1.807, 2.05) is 0 Å². The number of H-pyrrole nitrogens is 1. The lowest BCUT2D eigenvalue weighted by Gasteiger charge is -2.39. The van der Waals surface area contributed by atoms with Crippen LogP contribution in [0.5, 0.6) is 0 Å². The molecule has 3 heterocycles. The Labute approximate surface area is 126 Å². The monoisotopic (exact) mass is 293 g/mol. The summed E-state index contributed by atoms with van der Waals surface area (Å²) in [5.74, 6) is 1.94. The predicted molar refractivity (Wildman–Crippen MR) is 81.1 cm³/mol. The van der Waals surface area contributed by atoms with Crippen LogP contribution >= 0.6 is 0 Å². The minimum Gasteiger partial charge on any atom is -0.379 e. The van der Waals surface area contributed by atoms with Crippen LogP contribution in [-0.4, -0.2) is 70.4 Å². The van der Waals surface area contributed by atoms with E-state index < -0.39 is 0 Å². The van der Waals surface area contributed by atoms with Gasteiger partial charge in [-0.3, -0.25) is 14.9 Å². The lowest BCUT2D eigenvalue weighted by Crippen LogP contribution is -2.49. The highest BCUT2D eigenvalue weighted by Gasteiger charge is 2.26. The Morgan fingerprint density at radius 2 is 2.10 bits per heavy atom. The van der Waals surface area contributed by atoms with Crippen molar-refractivity contribution in [1.29, 1.82) is 0 Å². The van der Waals surface area contributed by atoms with Gasteiger partial charge in [-0.05, 0) is 19.4 Å². The number of ether oxygens (including phenoxy) is 1. The molecule has 1 aromatic heterocycles. The van der Waals surface area contributed by atoms with Gasteiger partial charge >= 0.3 is 0 Å². The summed E-state index contributed by atoms with van der Waals surface area (Å²) in [6.45, 7) is 9.26. The first-order valence-electron chi connectivity index (χ1n) is 8.29. The average molecular weight is 293 g/mol. The van der Waals surface area contributed by atoms with Crippen LogP contribution < -0.4 is 0 Å². The van der Waals surface area contributed by atoms with Gasteiger partial charge in [0, 0.05) is 32.1 Å². The fraction of sp³-hybridized carbons (Fsp3) is 0.867. The van der Waals surface area contributed by atoms with Gasteiger partial charge in [-0.1, -0.05) is 13.3 Å². The van der Waals surface area contributed by atoms with Crippen LogP contribution in [0.15, 0.2) is 0 Å². The Balaban J connectivity index is 1.57. The zero-order valence-electron chi connectivity index (χ0n) is 13.1. The van der Waals surface area contributed by atoms with Gasteiger partial charge in [0.2, 0.25) is 0 Å². The van der Waals surface area contributed by atoms with Gasteiger partial charge in [0.05, 0.1) is 19.8 Å². The van der Waals surface area contributed by atoms with Gasteiger partial charge in [0.15, 0.2) is 0 Å². The maximum absolute atomic E-state index is 5.45. The molecule has 0 saturated carbocycles. The summed E-state index contributed by atoms with van der Waals surface area (Å²) in [5, 5.41) is 7.34. The Morgan fingerprint density at radius 1 is 1.24 bits per heavy atom. The fourth-order valence-electron chi connectivity index (χ4n) is 3.31. The number of hydrogen-bond donors (Lipinski definition) is 1. The summed E-state index contributed by atoms with van der Waals surface area (Å²) in [6, 6.07) is 0.645. The van der Waals surface area contributed by atoms with E-state index in [-0.39, 0.29) is 0 Å². The molecule has 1 atom stereocenters. The summed E-state index contributed by atoms with van der Waals surface area (Å²) >= 11 is 0. The molecule has 0 amide bonds. The van der Waals surface area contributed by atoms with Gasteiger partial charge in [0.1, 0.15) is 11.6 Å². The summed E-state index contributed by atoms with van der Waals surface area (Å²) in [4.78, 5) is 9.69. The normalized spacial score (nSPS) is 25.3. The van der Waals surface area contributed by atoms with Crippen molar-refractivity contribution in [3.05, 3.63) is 11.6 Å². The van der Waals surface area contributed by atoms with Crippen molar-refractivity contribution >= 4 is 0 Å². The largest absolute Gasteiger partial charge is 0.379 e. The van der Waals surface area contributed by atoms with Crippen LogP contribution in [0.1, 0.15) is 37.8 Å². The third-order valence-electron chi connectivity index (χ3n) is 4.57. The van der Waals surface area contributed by atoms with E-state index in [9.17, 15) is 0 Å². The first-order valence-corrected chi connectivity index (χ1v) is 8.29. The molecule has 0 aromatic carbocycles. The molecular formula is C15H27N5O. The second kappa shape index (κ2) is 7.33. The first-order chi connectivity index (χ1) is 10.3.